The van der Waals surface area contributed by atoms with Crippen LogP contribution in [0.5, 0.6) is 0 Å². The van der Waals surface area contributed by atoms with Crippen LogP contribution in [-0.4, -0.2) is 39.2 Å². The molecule has 3 heterocycles. The highest BCUT2D eigenvalue weighted by molar-refractivity contribution is 6.32. The molecule has 0 saturated carbocycles. The summed E-state index contributed by atoms with van der Waals surface area (Å²) in [7, 11) is 1.59. The lowest BCUT2D eigenvalue weighted by atomic mass is 10.0. The molecule has 4 rings (SSSR count). The van der Waals surface area contributed by atoms with E-state index >= 15 is 0 Å². The Kier molecular flexibility index (Phi) is 4.76. The number of rotatable bonds is 5. The Morgan fingerprint density at radius 1 is 1.18 bits per heavy atom. The number of aromatic nitrogens is 4. The van der Waals surface area contributed by atoms with Gasteiger partial charge in [-0.05, 0) is 18.2 Å². The highest BCUT2D eigenvalue weighted by Gasteiger charge is 2.30. The molecule has 3 aromatic heterocycles. The van der Waals surface area contributed by atoms with Crippen molar-refractivity contribution in [3.8, 4) is 11.1 Å². The van der Waals surface area contributed by atoms with Crippen LogP contribution >= 0.6 is 11.6 Å². The summed E-state index contributed by atoms with van der Waals surface area (Å²) in [5.74, 6) is 0. The van der Waals surface area contributed by atoms with Crippen molar-refractivity contribution in [3.05, 3.63) is 48.0 Å². The van der Waals surface area contributed by atoms with E-state index < -0.39 is 12.7 Å². The fraction of sp³-hybridized carbons (Fsp3) is 0.263. The van der Waals surface area contributed by atoms with E-state index in [0.717, 1.165) is 0 Å². The van der Waals surface area contributed by atoms with Gasteiger partial charge in [0.25, 0.3) is 0 Å². The molecule has 1 aromatic carbocycles. The first-order valence-electron chi connectivity index (χ1n) is 8.51. The standard InChI is InChI=1S/C19H16ClF3N4O/c1-28-5-4-26-10-12(8-25-26)15-6-13(20)7-16-14-2-3-24-9-17(14)27(18(15)16)11-19(21,22)23/h2-3,6-10H,4-5,11H2,1H3. The third kappa shape index (κ3) is 3.45. The van der Waals surface area contributed by atoms with Crippen molar-refractivity contribution in [2.75, 3.05) is 13.7 Å². The van der Waals surface area contributed by atoms with Crippen molar-refractivity contribution in [1.82, 2.24) is 19.3 Å². The molecule has 0 aliphatic rings. The maximum Gasteiger partial charge on any atom is 0.406 e. The van der Waals surface area contributed by atoms with Gasteiger partial charge in [-0.3, -0.25) is 9.67 Å². The lowest BCUT2D eigenvalue weighted by Gasteiger charge is -2.13. The van der Waals surface area contributed by atoms with E-state index in [1.165, 1.54) is 10.8 Å². The summed E-state index contributed by atoms with van der Waals surface area (Å²) in [4.78, 5) is 4.01. The van der Waals surface area contributed by atoms with Crippen LogP contribution in [0.2, 0.25) is 5.02 Å². The summed E-state index contributed by atoms with van der Waals surface area (Å²) in [5, 5.41) is 6.03. The van der Waals surface area contributed by atoms with Crippen molar-refractivity contribution >= 4 is 33.4 Å². The van der Waals surface area contributed by atoms with Gasteiger partial charge in [0.2, 0.25) is 0 Å². The van der Waals surface area contributed by atoms with Crippen LogP contribution in [0.15, 0.2) is 43.0 Å². The van der Waals surface area contributed by atoms with Gasteiger partial charge < -0.3 is 9.30 Å². The van der Waals surface area contributed by atoms with E-state index in [0.29, 0.717) is 51.1 Å². The number of methoxy groups -OCH3 is 1. The Balaban J connectivity index is 1.99. The second-order valence-electron chi connectivity index (χ2n) is 6.43. The van der Waals surface area contributed by atoms with Gasteiger partial charge in [-0.15, -0.1) is 0 Å². The number of pyridine rings is 1. The van der Waals surface area contributed by atoms with Crippen molar-refractivity contribution in [3.63, 3.8) is 0 Å². The van der Waals surface area contributed by atoms with E-state index in [4.69, 9.17) is 16.3 Å². The van der Waals surface area contributed by atoms with E-state index in [-0.39, 0.29) is 0 Å². The van der Waals surface area contributed by atoms with Crippen LogP contribution < -0.4 is 0 Å². The average molecular weight is 409 g/mol. The molecule has 4 aromatic rings. The quantitative estimate of drug-likeness (QED) is 0.471. The number of hydrogen-bond acceptors (Lipinski definition) is 3. The molecule has 0 aliphatic carbocycles. The molecule has 28 heavy (non-hydrogen) atoms. The number of nitrogens with zero attached hydrogens (tertiary/aromatic N) is 4. The van der Waals surface area contributed by atoms with E-state index in [1.807, 2.05) is 0 Å². The number of hydrogen-bond donors (Lipinski definition) is 0. The molecule has 146 valence electrons. The lowest BCUT2D eigenvalue weighted by Crippen LogP contribution is -2.17. The predicted molar refractivity (Wildman–Crippen MR) is 101 cm³/mol. The number of benzene rings is 1. The molecule has 0 fully saturated rings. The van der Waals surface area contributed by atoms with E-state index in [1.54, 1.807) is 48.6 Å². The second-order valence-corrected chi connectivity index (χ2v) is 6.86. The topological polar surface area (TPSA) is 44.9 Å². The summed E-state index contributed by atoms with van der Waals surface area (Å²) in [6, 6.07) is 5.05. The molecule has 0 N–H and O–H groups in total. The monoisotopic (exact) mass is 408 g/mol. The van der Waals surface area contributed by atoms with Crippen molar-refractivity contribution in [2.24, 2.45) is 0 Å². The van der Waals surface area contributed by atoms with Crippen molar-refractivity contribution in [1.29, 1.82) is 0 Å². The number of alkyl halides is 3. The molecule has 0 bridgehead atoms. The van der Waals surface area contributed by atoms with Crippen molar-refractivity contribution in [2.45, 2.75) is 19.3 Å². The number of ether oxygens (including phenoxy) is 1. The first kappa shape index (κ1) is 18.8. The summed E-state index contributed by atoms with van der Waals surface area (Å²) >= 11 is 6.31. The Hall–Kier alpha value is -2.58. The molecule has 9 heteroatoms. The Morgan fingerprint density at radius 2 is 2.00 bits per heavy atom. The maximum atomic E-state index is 13.3. The number of fused-ring (bicyclic) bond motifs is 3. The van der Waals surface area contributed by atoms with Crippen LogP contribution in [0.3, 0.4) is 0 Å². The summed E-state index contributed by atoms with van der Waals surface area (Å²) in [5.41, 5.74) is 2.13. The minimum Gasteiger partial charge on any atom is -0.383 e. The molecule has 0 amide bonds. The molecule has 0 atom stereocenters. The van der Waals surface area contributed by atoms with Crippen molar-refractivity contribution < 1.29 is 17.9 Å². The maximum absolute atomic E-state index is 13.3. The molecule has 0 aliphatic heterocycles. The number of halogens is 4. The highest BCUT2D eigenvalue weighted by Crippen LogP contribution is 2.39. The second kappa shape index (κ2) is 7.10. The van der Waals surface area contributed by atoms with Gasteiger partial charge in [0.15, 0.2) is 0 Å². The zero-order valence-corrected chi connectivity index (χ0v) is 15.6. The molecule has 0 saturated heterocycles. The van der Waals surface area contributed by atoms with Gasteiger partial charge in [-0.2, -0.15) is 18.3 Å². The molecular weight excluding hydrogens is 393 g/mol. The SMILES string of the molecule is COCCn1cc(-c2cc(Cl)cc3c4ccncc4n(CC(F)(F)F)c23)cn1. The molecule has 0 unspecified atom stereocenters. The van der Waals surface area contributed by atoms with E-state index in [2.05, 4.69) is 10.1 Å². The lowest BCUT2D eigenvalue weighted by molar-refractivity contribution is -0.139. The Morgan fingerprint density at radius 3 is 2.75 bits per heavy atom. The average Bonchev–Trinajstić information content (AvgIpc) is 3.22. The normalized spacial score (nSPS) is 12.3. The summed E-state index contributed by atoms with van der Waals surface area (Å²) in [6.07, 6.45) is 2.02. The zero-order chi connectivity index (χ0) is 19.9. The Labute approximate surface area is 163 Å². The largest absolute Gasteiger partial charge is 0.406 e. The summed E-state index contributed by atoms with van der Waals surface area (Å²) in [6.45, 7) is -0.104. The third-order valence-electron chi connectivity index (χ3n) is 4.53. The van der Waals surface area contributed by atoms with Gasteiger partial charge in [-0.1, -0.05) is 11.6 Å². The highest BCUT2D eigenvalue weighted by atomic mass is 35.5. The van der Waals surface area contributed by atoms with Gasteiger partial charge in [-0.25, -0.2) is 0 Å². The first-order chi connectivity index (χ1) is 13.4. The summed E-state index contributed by atoms with van der Waals surface area (Å²) < 4.78 is 48.0. The van der Waals surface area contributed by atoms with Gasteiger partial charge in [0, 0.05) is 46.4 Å². The Bertz CT molecular complexity index is 1150. The predicted octanol–water partition coefficient (Wildman–Crippen LogP) is 4.92. The van der Waals surface area contributed by atoms with Gasteiger partial charge in [0.05, 0.1) is 36.6 Å². The first-order valence-corrected chi connectivity index (χ1v) is 8.89. The molecular formula is C19H16ClF3N4O. The van der Waals surface area contributed by atoms with Gasteiger partial charge in [0.1, 0.15) is 6.54 Å². The molecule has 0 radical (unpaired) electrons. The van der Waals surface area contributed by atoms with Crippen LogP contribution in [0, 0.1) is 0 Å². The van der Waals surface area contributed by atoms with Gasteiger partial charge >= 0.3 is 6.18 Å². The minimum atomic E-state index is -4.38. The third-order valence-corrected chi connectivity index (χ3v) is 4.75. The molecule has 0 spiro atoms. The van der Waals surface area contributed by atoms with Crippen LogP contribution in [-0.2, 0) is 17.8 Å². The van der Waals surface area contributed by atoms with Crippen LogP contribution in [0.4, 0.5) is 13.2 Å². The fourth-order valence-corrected chi connectivity index (χ4v) is 3.64. The van der Waals surface area contributed by atoms with Crippen LogP contribution in [0.1, 0.15) is 0 Å². The van der Waals surface area contributed by atoms with E-state index in [9.17, 15) is 13.2 Å². The fourth-order valence-electron chi connectivity index (χ4n) is 3.42. The zero-order valence-electron chi connectivity index (χ0n) is 14.9. The molecule has 5 nitrogen and oxygen atoms in total. The smallest absolute Gasteiger partial charge is 0.383 e. The minimum absolute atomic E-state index is 0.408. The van der Waals surface area contributed by atoms with Crippen LogP contribution in [0.25, 0.3) is 32.9 Å².